The molecule has 0 aromatic heterocycles. The second-order valence-corrected chi connectivity index (χ2v) is 59.7. The summed E-state index contributed by atoms with van der Waals surface area (Å²) in [6, 6.07) is 18.6. The first-order chi connectivity index (χ1) is 50.7. The fraction of sp³-hybridized carbons (Fsp3) is 0.786. The lowest BCUT2D eigenvalue weighted by Gasteiger charge is -2.46. The van der Waals surface area contributed by atoms with Crippen molar-refractivity contribution >= 4 is 69.8 Å². The van der Waals surface area contributed by atoms with E-state index in [9.17, 15) is 28.8 Å². The van der Waals surface area contributed by atoms with Crippen LogP contribution in [-0.4, -0.2) is 249 Å². The highest BCUT2D eigenvalue weighted by Gasteiger charge is 2.49. The Kier molecular flexibility index (Phi) is 36.7. The van der Waals surface area contributed by atoms with E-state index in [0.717, 1.165) is 37.3 Å². The largest absolute Gasteiger partial charge is 0.445 e. The molecule has 4 fully saturated rings. The molecule has 2 N–H and O–H groups in total. The fourth-order valence-corrected chi connectivity index (χ4v) is 17.5. The van der Waals surface area contributed by atoms with Gasteiger partial charge in [0.2, 0.25) is 0 Å². The molecule has 6 rings (SSSR count). The first-order valence-corrected chi connectivity index (χ1v) is 52.4. The number of carbonyl (C=O) groups excluding carboxylic acids is 6. The molecule has 0 unspecified atom stereocenters. The van der Waals surface area contributed by atoms with Crippen molar-refractivity contribution in [2.24, 2.45) is 0 Å². The van der Waals surface area contributed by atoms with Crippen LogP contribution in [0.4, 0.5) is 28.8 Å². The Morgan fingerprint density at radius 1 is 0.339 bits per heavy atom. The van der Waals surface area contributed by atoms with E-state index < -0.39 is 55.7 Å². The van der Waals surface area contributed by atoms with Crippen LogP contribution in [0.25, 0.3) is 0 Å². The van der Waals surface area contributed by atoms with Gasteiger partial charge >= 0.3 is 36.6 Å². The van der Waals surface area contributed by atoms with Crippen LogP contribution < -0.4 is 10.6 Å². The lowest BCUT2D eigenvalue weighted by molar-refractivity contribution is -0.0259. The van der Waals surface area contributed by atoms with Gasteiger partial charge in [0, 0.05) is 78.5 Å². The monoisotopic (exact) mass is 1650 g/mol. The summed E-state index contributed by atoms with van der Waals surface area (Å²) in [6.07, 6.45) is -2.56. The molecule has 4 heterocycles. The number of nitrogens with zero attached hydrogens (tertiary/aromatic N) is 6. The minimum Gasteiger partial charge on any atom is -0.445 e. The number of amides is 6. The third-order valence-electron chi connectivity index (χ3n) is 22.2. The van der Waals surface area contributed by atoms with Crippen molar-refractivity contribution in [1.29, 1.82) is 0 Å². The van der Waals surface area contributed by atoms with Crippen LogP contribution in [0.3, 0.4) is 0 Å². The number of benzene rings is 2. The summed E-state index contributed by atoms with van der Waals surface area (Å²) in [5.74, 6) is 0. The standard InChI is InChI=1S/2C25H42N2O5Si.2C17H36N2O3Si/c2*1-19(32-33(8,9)25(5,6)7)21-17-26(15-16-27(21)23(29)31-24(2,3)4)22(28)30-18-20-13-11-10-12-14-20;2*1-13(22-23(8,9)17(5,6)7)14-12-18-10-11-19(14)15(20)21-16(2,3)4/h2*10-14,19,21H,15-18H2,1-9H3;2*13-14,18H,10-12H2,1-9H3/t19-,21+;19-,21-;13-,14+;13-,14-/m0101/s1. The van der Waals surface area contributed by atoms with Crippen molar-refractivity contribution < 1.29 is 74.9 Å². The molecule has 0 saturated carbocycles. The van der Waals surface area contributed by atoms with Gasteiger partial charge in [-0.05, 0) is 194 Å². The number of rotatable bonds is 16. The molecule has 8 atom stereocenters. The predicted octanol–water partition coefficient (Wildman–Crippen LogP) is 18.5. The van der Waals surface area contributed by atoms with Crippen LogP contribution >= 0.6 is 0 Å². The van der Waals surface area contributed by atoms with Gasteiger partial charge in [0.05, 0.1) is 48.6 Å². The SMILES string of the molecule is C[C@@H](O[Si](C)(C)C(C)(C)C)[C@H]1CN(C(=O)OCc2ccccc2)CCN1C(=O)OC(C)(C)C.C[C@@H](O[Si](C)(C)C(C)(C)C)[C@H]1CNCCN1C(=O)OC(C)(C)C.C[C@H](O[Si](C)(C)C(C)(C)C)[C@H]1CN(C(=O)OCc2ccccc2)CCN1C(=O)OC(C)(C)C.C[C@H](O[Si](C)(C)C(C)(C)C)[C@H]1CNCCN1C(=O)OC(C)(C)C. The fourth-order valence-electron chi connectivity index (χ4n) is 11.7. The van der Waals surface area contributed by atoms with Crippen LogP contribution in [0.1, 0.15) is 205 Å². The van der Waals surface area contributed by atoms with Crippen molar-refractivity contribution in [2.45, 2.75) is 351 Å². The number of ether oxygens (including phenoxy) is 6. The molecule has 0 bridgehead atoms. The Morgan fingerprint density at radius 3 is 0.786 bits per heavy atom. The summed E-state index contributed by atoms with van der Waals surface area (Å²) in [5.41, 5.74) is -0.284. The zero-order valence-electron chi connectivity index (χ0n) is 76.5. The maximum atomic E-state index is 13.0. The van der Waals surface area contributed by atoms with Crippen molar-refractivity contribution in [1.82, 2.24) is 40.0 Å². The lowest BCUT2D eigenvalue weighted by Crippen LogP contribution is -2.62. The molecule has 0 aliphatic carbocycles. The van der Waals surface area contributed by atoms with E-state index in [1.165, 1.54) is 0 Å². The Balaban J connectivity index is 0.000000393. The summed E-state index contributed by atoms with van der Waals surface area (Å²) in [4.78, 5) is 87.1. The van der Waals surface area contributed by atoms with E-state index in [0.29, 0.717) is 52.4 Å². The minimum atomic E-state index is -2.09. The molecule has 2 aromatic rings. The third kappa shape index (κ3) is 33.0. The van der Waals surface area contributed by atoms with Crippen LogP contribution in [0.15, 0.2) is 60.7 Å². The van der Waals surface area contributed by atoms with Crippen molar-refractivity contribution in [3.63, 3.8) is 0 Å². The van der Waals surface area contributed by atoms with Gasteiger partial charge in [0.15, 0.2) is 33.3 Å². The number of hydrogen-bond donors (Lipinski definition) is 2. The molecule has 4 aliphatic rings. The predicted molar refractivity (Wildman–Crippen MR) is 460 cm³/mol. The molecule has 4 aliphatic heterocycles. The van der Waals surface area contributed by atoms with Gasteiger partial charge in [-0.15, -0.1) is 0 Å². The van der Waals surface area contributed by atoms with Crippen molar-refractivity contribution in [3.8, 4) is 0 Å². The Hall–Kier alpha value is -5.31. The quantitative estimate of drug-likeness (QED) is 0.117. The average molecular weight is 1650 g/mol. The molecule has 6 amide bonds. The van der Waals surface area contributed by atoms with E-state index in [1.807, 2.05) is 167 Å². The average Bonchev–Trinajstić information content (AvgIpc) is 0.829. The Morgan fingerprint density at radius 2 is 0.562 bits per heavy atom. The molecular formula is C84H156N8O16Si4. The molecule has 24 nitrogen and oxygen atoms in total. The van der Waals surface area contributed by atoms with Crippen LogP contribution in [0.2, 0.25) is 72.5 Å². The van der Waals surface area contributed by atoms with Gasteiger partial charge in [-0.1, -0.05) is 144 Å². The smallest absolute Gasteiger partial charge is 0.410 e. The maximum absolute atomic E-state index is 13.0. The molecule has 0 radical (unpaired) electrons. The zero-order chi connectivity index (χ0) is 86.2. The first-order valence-electron chi connectivity index (χ1n) is 40.7. The summed E-state index contributed by atoms with van der Waals surface area (Å²) >= 11 is 0. The maximum Gasteiger partial charge on any atom is 0.410 e. The summed E-state index contributed by atoms with van der Waals surface area (Å²) in [7, 11) is -7.91. The molecule has 2 aromatic carbocycles. The molecule has 28 heteroatoms. The summed E-state index contributed by atoms with van der Waals surface area (Å²) in [5, 5.41) is 7.11. The van der Waals surface area contributed by atoms with Crippen LogP contribution in [-0.2, 0) is 59.3 Å². The van der Waals surface area contributed by atoms with Gasteiger partial charge < -0.3 is 76.4 Å². The van der Waals surface area contributed by atoms with Gasteiger partial charge in [0.1, 0.15) is 35.6 Å². The number of nitrogens with one attached hydrogen (secondary N) is 2. The van der Waals surface area contributed by atoms with E-state index in [4.69, 9.17) is 46.1 Å². The Bertz CT molecular complexity index is 3050. The second kappa shape index (κ2) is 40.7. The van der Waals surface area contributed by atoms with Gasteiger partial charge in [0.25, 0.3) is 0 Å². The zero-order valence-corrected chi connectivity index (χ0v) is 80.5. The summed E-state index contributed by atoms with van der Waals surface area (Å²) in [6.45, 7) is 81.9. The highest BCUT2D eigenvalue weighted by atomic mass is 28.4. The topological polar surface area (TPSA) is 238 Å². The van der Waals surface area contributed by atoms with Crippen molar-refractivity contribution in [2.75, 3.05) is 78.5 Å². The van der Waals surface area contributed by atoms with Crippen molar-refractivity contribution in [3.05, 3.63) is 71.8 Å². The molecular weight excluding hydrogens is 1490 g/mol. The lowest BCUT2D eigenvalue weighted by atomic mass is 10.1. The molecule has 0 spiro atoms. The second-order valence-electron chi connectivity index (χ2n) is 40.7. The molecule has 4 saturated heterocycles. The van der Waals surface area contributed by atoms with E-state index in [1.54, 1.807) is 19.6 Å². The van der Waals surface area contributed by atoms with E-state index in [-0.39, 0.29) is 119 Å². The third-order valence-corrected chi connectivity index (χ3v) is 40.5. The highest BCUT2D eigenvalue weighted by molar-refractivity contribution is 6.75. The number of piperazine rings is 4. The first kappa shape index (κ1) is 101. The van der Waals surface area contributed by atoms with E-state index in [2.05, 4.69) is 160 Å². The van der Waals surface area contributed by atoms with Gasteiger partial charge in [-0.25, -0.2) is 28.8 Å². The van der Waals surface area contributed by atoms with Crippen LogP contribution in [0.5, 0.6) is 0 Å². The molecule has 644 valence electrons. The summed E-state index contributed by atoms with van der Waals surface area (Å²) < 4.78 is 59.8. The Labute approximate surface area is 682 Å². The number of hydrogen-bond acceptors (Lipinski definition) is 18. The minimum absolute atomic E-state index is 0.00715. The molecule has 112 heavy (non-hydrogen) atoms. The highest BCUT2D eigenvalue weighted by Crippen LogP contribution is 2.42. The van der Waals surface area contributed by atoms with Crippen LogP contribution in [0, 0.1) is 0 Å². The van der Waals surface area contributed by atoms with Gasteiger partial charge in [-0.2, -0.15) is 0 Å². The van der Waals surface area contributed by atoms with Gasteiger partial charge in [-0.3, -0.25) is 9.80 Å². The van der Waals surface area contributed by atoms with E-state index >= 15 is 0 Å². The number of carbonyl (C=O) groups is 6. The normalized spacial score (nSPS) is 20.0.